The number of carbonyl (C=O) groups is 1. The Morgan fingerprint density at radius 3 is 2.86 bits per heavy atom. The van der Waals surface area contributed by atoms with Crippen LogP contribution in [0.25, 0.3) is 0 Å². The van der Waals surface area contributed by atoms with Crippen LogP contribution in [0.2, 0.25) is 5.02 Å². The number of Topliss-reactive ketones (excluding diaryl/α,β-unsaturated/α-hetero) is 1. The van der Waals surface area contributed by atoms with Gasteiger partial charge in [0.2, 0.25) is 0 Å². The highest BCUT2D eigenvalue weighted by atomic mass is 79.9. The first-order valence-corrected chi connectivity index (χ1v) is 5.17. The highest BCUT2D eigenvalue weighted by molar-refractivity contribution is 9.10. The Hall–Kier alpha value is -0.850. The molecule has 0 bridgehead atoms. The van der Waals surface area contributed by atoms with Gasteiger partial charge in [-0.05, 0) is 28.1 Å². The van der Waals surface area contributed by atoms with Crippen molar-refractivity contribution in [2.24, 2.45) is 0 Å². The Balaban J connectivity index is 2.82. The molecule has 72 valence electrons. The molecule has 4 heteroatoms. The highest BCUT2D eigenvalue weighted by Crippen LogP contribution is 2.23. The van der Waals surface area contributed by atoms with Crippen LogP contribution < -0.4 is 0 Å². The average Bonchev–Trinajstić information content (AvgIpc) is 2.18. The van der Waals surface area contributed by atoms with Crippen LogP contribution >= 0.6 is 27.5 Å². The third-order valence-electron chi connectivity index (χ3n) is 1.71. The second-order valence-electron chi connectivity index (χ2n) is 2.71. The Kier molecular flexibility index (Phi) is 4.12. The third-order valence-corrected chi connectivity index (χ3v) is 2.94. The Morgan fingerprint density at radius 1 is 1.57 bits per heavy atom. The topological polar surface area (TPSA) is 40.9 Å². The zero-order valence-electron chi connectivity index (χ0n) is 7.26. The first kappa shape index (κ1) is 11.2. The predicted octanol–water partition coefficient (Wildman–Crippen LogP) is 3.59. The fourth-order valence-corrected chi connectivity index (χ4v) is 1.41. The number of carbonyl (C=O) groups excluding carboxylic acids is 1. The number of hydrogen-bond acceptors (Lipinski definition) is 2. The average molecular weight is 273 g/mol. The van der Waals surface area contributed by atoms with Crippen molar-refractivity contribution in [1.82, 2.24) is 0 Å². The van der Waals surface area contributed by atoms with Crippen molar-refractivity contribution in [3.8, 4) is 6.07 Å². The molecule has 0 atom stereocenters. The Morgan fingerprint density at radius 2 is 2.29 bits per heavy atom. The molecule has 0 saturated heterocycles. The smallest absolute Gasteiger partial charge is 0.163 e. The molecule has 2 nitrogen and oxygen atoms in total. The van der Waals surface area contributed by atoms with Gasteiger partial charge in [-0.1, -0.05) is 17.7 Å². The molecule has 0 spiro atoms. The van der Waals surface area contributed by atoms with E-state index in [9.17, 15) is 4.79 Å². The van der Waals surface area contributed by atoms with Gasteiger partial charge in [0.1, 0.15) is 0 Å². The summed E-state index contributed by atoms with van der Waals surface area (Å²) < 4.78 is 0.760. The van der Waals surface area contributed by atoms with Crippen molar-refractivity contribution < 1.29 is 4.79 Å². The number of rotatable bonds is 3. The van der Waals surface area contributed by atoms with Crippen LogP contribution in [0, 0.1) is 11.3 Å². The molecule has 14 heavy (non-hydrogen) atoms. The third kappa shape index (κ3) is 2.83. The molecule has 0 saturated carbocycles. The number of hydrogen-bond donors (Lipinski definition) is 0. The van der Waals surface area contributed by atoms with Gasteiger partial charge in [-0.25, -0.2) is 0 Å². The molecule has 0 radical (unpaired) electrons. The predicted molar refractivity (Wildman–Crippen MR) is 58.3 cm³/mol. The minimum Gasteiger partial charge on any atom is -0.294 e. The SMILES string of the molecule is N#CCCC(=O)c1ccc(Br)c(Cl)c1. The van der Waals surface area contributed by atoms with Crippen molar-refractivity contribution in [3.63, 3.8) is 0 Å². The van der Waals surface area contributed by atoms with E-state index in [2.05, 4.69) is 15.9 Å². The lowest BCUT2D eigenvalue weighted by Crippen LogP contribution is -1.97. The number of nitriles is 1. The molecule has 1 aromatic carbocycles. The van der Waals surface area contributed by atoms with Gasteiger partial charge in [0.25, 0.3) is 0 Å². The van der Waals surface area contributed by atoms with Gasteiger partial charge in [-0.15, -0.1) is 0 Å². The fraction of sp³-hybridized carbons (Fsp3) is 0.200. The van der Waals surface area contributed by atoms with Crippen LogP contribution in [0.3, 0.4) is 0 Å². The van der Waals surface area contributed by atoms with Crippen molar-refractivity contribution in [1.29, 1.82) is 5.26 Å². The van der Waals surface area contributed by atoms with E-state index < -0.39 is 0 Å². The first-order valence-electron chi connectivity index (χ1n) is 4.00. The number of ketones is 1. The van der Waals surface area contributed by atoms with E-state index in [-0.39, 0.29) is 18.6 Å². The van der Waals surface area contributed by atoms with Crippen LogP contribution in [0.5, 0.6) is 0 Å². The zero-order valence-corrected chi connectivity index (χ0v) is 9.60. The standard InChI is InChI=1S/C10H7BrClNO/c11-8-4-3-7(6-9(8)12)10(14)2-1-5-13/h3-4,6H,1-2H2. The van der Waals surface area contributed by atoms with Gasteiger partial charge < -0.3 is 0 Å². The molecule has 0 fully saturated rings. The summed E-state index contributed by atoms with van der Waals surface area (Å²) in [7, 11) is 0. The van der Waals surface area contributed by atoms with E-state index in [4.69, 9.17) is 16.9 Å². The Labute approximate surface area is 95.6 Å². The second-order valence-corrected chi connectivity index (χ2v) is 3.97. The van der Waals surface area contributed by atoms with E-state index in [0.717, 1.165) is 4.47 Å². The van der Waals surface area contributed by atoms with E-state index >= 15 is 0 Å². The molecular formula is C10H7BrClNO. The monoisotopic (exact) mass is 271 g/mol. The van der Waals surface area contributed by atoms with Gasteiger partial charge in [0, 0.05) is 22.9 Å². The van der Waals surface area contributed by atoms with E-state index in [1.54, 1.807) is 18.2 Å². The summed E-state index contributed by atoms with van der Waals surface area (Å²) in [5.74, 6) is -0.0547. The molecule has 0 unspecified atom stereocenters. The van der Waals surface area contributed by atoms with Gasteiger partial charge in [-0.3, -0.25) is 4.79 Å². The largest absolute Gasteiger partial charge is 0.294 e. The van der Waals surface area contributed by atoms with Crippen molar-refractivity contribution in [2.75, 3.05) is 0 Å². The maximum absolute atomic E-state index is 11.4. The van der Waals surface area contributed by atoms with Crippen LogP contribution in [0.4, 0.5) is 0 Å². The summed E-state index contributed by atoms with van der Waals surface area (Å²) in [5.41, 5.74) is 0.549. The van der Waals surface area contributed by atoms with Crippen LogP contribution in [0.1, 0.15) is 23.2 Å². The summed E-state index contributed by atoms with van der Waals surface area (Å²) >= 11 is 9.06. The molecule has 0 aromatic heterocycles. The van der Waals surface area contributed by atoms with Crippen LogP contribution in [-0.4, -0.2) is 5.78 Å². The normalized spacial score (nSPS) is 9.50. The van der Waals surface area contributed by atoms with E-state index in [1.165, 1.54) is 0 Å². The van der Waals surface area contributed by atoms with E-state index in [0.29, 0.717) is 10.6 Å². The van der Waals surface area contributed by atoms with Gasteiger partial charge in [0.15, 0.2) is 5.78 Å². The minimum atomic E-state index is -0.0547. The summed E-state index contributed by atoms with van der Waals surface area (Å²) in [6.45, 7) is 0. The van der Waals surface area contributed by atoms with E-state index in [1.807, 2.05) is 6.07 Å². The summed E-state index contributed by atoms with van der Waals surface area (Å²) in [6.07, 6.45) is 0.487. The number of benzene rings is 1. The lowest BCUT2D eigenvalue weighted by Gasteiger charge is -2.00. The molecule has 1 aromatic rings. The molecule has 0 N–H and O–H groups in total. The maximum atomic E-state index is 11.4. The molecule has 0 amide bonds. The summed E-state index contributed by atoms with van der Waals surface area (Å²) in [4.78, 5) is 11.4. The lowest BCUT2D eigenvalue weighted by molar-refractivity contribution is 0.0984. The van der Waals surface area contributed by atoms with Gasteiger partial charge in [-0.2, -0.15) is 5.26 Å². The molecule has 0 aliphatic heterocycles. The van der Waals surface area contributed by atoms with Crippen molar-refractivity contribution in [3.05, 3.63) is 33.3 Å². The molecule has 1 rings (SSSR count). The van der Waals surface area contributed by atoms with Crippen LogP contribution in [0.15, 0.2) is 22.7 Å². The van der Waals surface area contributed by atoms with Crippen molar-refractivity contribution in [2.45, 2.75) is 12.8 Å². The van der Waals surface area contributed by atoms with Gasteiger partial charge >= 0.3 is 0 Å². The summed E-state index contributed by atoms with van der Waals surface area (Å²) in [5, 5.41) is 8.83. The fourth-order valence-electron chi connectivity index (χ4n) is 0.983. The molecule has 0 aliphatic carbocycles. The maximum Gasteiger partial charge on any atom is 0.163 e. The van der Waals surface area contributed by atoms with Crippen LogP contribution in [-0.2, 0) is 0 Å². The first-order chi connectivity index (χ1) is 6.65. The zero-order chi connectivity index (χ0) is 10.6. The van der Waals surface area contributed by atoms with Crippen molar-refractivity contribution >= 4 is 33.3 Å². The molecule has 0 heterocycles. The minimum absolute atomic E-state index is 0.0547. The molecule has 0 aliphatic rings. The quantitative estimate of drug-likeness (QED) is 0.789. The highest BCUT2D eigenvalue weighted by Gasteiger charge is 2.07. The van der Waals surface area contributed by atoms with Gasteiger partial charge in [0.05, 0.1) is 11.1 Å². The number of nitrogens with zero attached hydrogens (tertiary/aromatic N) is 1. The second kappa shape index (κ2) is 5.14. The lowest BCUT2D eigenvalue weighted by atomic mass is 10.1. The number of halogens is 2. The Bertz CT molecular complexity index is 398. The summed E-state index contributed by atoms with van der Waals surface area (Å²) in [6, 6.07) is 6.95. The molecular weight excluding hydrogens is 265 g/mol.